The van der Waals surface area contributed by atoms with Crippen LogP contribution in [0.2, 0.25) is 0 Å². The summed E-state index contributed by atoms with van der Waals surface area (Å²) in [6, 6.07) is 1.02. The lowest BCUT2D eigenvalue weighted by Crippen LogP contribution is -2.36. The third kappa shape index (κ3) is 3.91. The van der Waals surface area contributed by atoms with E-state index in [2.05, 4.69) is 10.1 Å². The number of nitrogens with zero attached hydrogens (tertiary/aromatic N) is 5. The molecule has 26 heavy (non-hydrogen) atoms. The summed E-state index contributed by atoms with van der Waals surface area (Å²) >= 11 is 0. The molecule has 0 spiro atoms. The highest BCUT2D eigenvalue weighted by atomic mass is 19.4. The molecule has 2 aromatic heterocycles. The highest BCUT2D eigenvalue weighted by Crippen LogP contribution is 2.31. The van der Waals surface area contributed by atoms with E-state index >= 15 is 0 Å². The number of rotatable bonds is 3. The van der Waals surface area contributed by atoms with Crippen LogP contribution in [0.4, 0.5) is 19.0 Å². The van der Waals surface area contributed by atoms with Crippen LogP contribution < -0.4 is 4.90 Å². The monoisotopic (exact) mass is 369 g/mol. The maximum absolute atomic E-state index is 13.0. The molecule has 0 aliphatic carbocycles. The maximum Gasteiger partial charge on any atom is 0.435 e. The average molecular weight is 369 g/mol. The first-order valence-corrected chi connectivity index (χ1v) is 8.70. The second kappa shape index (κ2) is 7.13. The quantitative estimate of drug-likeness (QED) is 0.835. The largest absolute Gasteiger partial charge is 0.435 e. The summed E-state index contributed by atoms with van der Waals surface area (Å²) in [7, 11) is 0. The molecule has 6 nitrogen and oxygen atoms in total. The molecule has 2 aromatic rings. The molecule has 3 rings (SSSR count). The van der Waals surface area contributed by atoms with Crippen molar-refractivity contribution in [2.45, 2.75) is 32.9 Å². The van der Waals surface area contributed by atoms with Crippen LogP contribution in [0.15, 0.2) is 18.5 Å². The van der Waals surface area contributed by atoms with Crippen LogP contribution in [0.25, 0.3) is 5.52 Å². The van der Waals surface area contributed by atoms with E-state index in [1.54, 1.807) is 0 Å². The predicted molar refractivity (Wildman–Crippen MR) is 90.9 cm³/mol. The van der Waals surface area contributed by atoms with E-state index in [1.165, 1.54) is 16.9 Å². The smallest absolute Gasteiger partial charge is 0.353 e. The van der Waals surface area contributed by atoms with Crippen molar-refractivity contribution in [3.05, 3.63) is 24.2 Å². The lowest BCUT2D eigenvalue weighted by atomic mass is 10.1. The number of aromatic nitrogens is 3. The van der Waals surface area contributed by atoms with Crippen molar-refractivity contribution in [2.24, 2.45) is 5.92 Å². The Balaban J connectivity index is 1.81. The summed E-state index contributed by atoms with van der Waals surface area (Å²) in [5.41, 5.74) is -0.614. The van der Waals surface area contributed by atoms with E-state index in [1.807, 2.05) is 23.6 Å². The topological polar surface area (TPSA) is 53.7 Å². The van der Waals surface area contributed by atoms with Gasteiger partial charge in [0.2, 0.25) is 5.91 Å². The van der Waals surface area contributed by atoms with Gasteiger partial charge in [-0.2, -0.15) is 18.3 Å². The van der Waals surface area contributed by atoms with Gasteiger partial charge in [-0.1, -0.05) is 13.8 Å². The number of anilines is 1. The number of fused-ring (bicyclic) bond motifs is 1. The second-order valence-corrected chi connectivity index (χ2v) is 6.93. The van der Waals surface area contributed by atoms with Crippen LogP contribution in [-0.2, 0) is 11.0 Å². The standard InChI is InChI=1S/C17H22F3N5O/c1-12(2)10-15(26)23-5-3-6-24(9-8-23)16-13-11-14(17(18,19)20)22-25(13)7-4-21-16/h4,7,11-12H,3,5-6,8-10H2,1-2H3. The molecule has 9 heteroatoms. The van der Waals surface area contributed by atoms with E-state index in [0.29, 0.717) is 49.9 Å². The van der Waals surface area contributed by atoms with Gasteiger partial charge in [0.15, 0.2) is 11.5 Å². The lowest BCUT2D eigenvalue weighted by molar-refractivity contribution is -0.141. The Morgan fingerprint density at radius 2 is 2.00 bits per heavy atom. The summed E-state index contributed by atoms with van der Waals surface area (Å²) < 4.78 is 40.1. The third-order valence-corrected chi connectivity index (χ3v) is 4.39. The van der Waals surface area contributed by atoms with Gasteiger partial charge in [0.1, 0.15) is 5.52 Å². The predicted octanol–water partition coefficient (Wildman–Crippen LogP) is 2.83. The van der Waals surface area contributed by atoms with Crippen molar-refractivity contribution < 1.29 is 18.0 Å². The van der Waals surface area contributed by atoms with Gasteiger partial charge < -0.3 is 9.80 Å². The fourth-order valence-electron chi connectivity index (χ4n) is 3.15. The van der Waals surface area contributed by atoms with Crippen LogP contribution in [0.5, 0.6) is 0 Å². The molecule has 0 aromatic carbocycles. The molecule has 0 N–H and O–H groups in total. The van der Waals surface area contributed by atoms with E-state index in [9.17, 15) is 18.0 Å². The second-order valence-electron chi connectivity index (χ2n) is 6.93. The van der Waals surface area contributed by atoms with E-state index in [0.717, 1.165) is 12.5 Å². The molecule has 0 unspecified atom stereocenters. The first kappa shape index (κ1) is 18.5. The Morgan fingerprint density at radius 1 is 1.23 bits per heavy atom. The molecule has 0 bridgehead atoms. The zero-order valence-electron chi connectivity index (χ0n) is 14.8. The summed E-state index contributed by atoms with van der Waals surface area (Å²) in [5, 5.41) is 3.60. The van der Waals surface area contributed by atoms with Crippen molar-refractivity contribution in [3.63, 3.8) is 0 Å². The van der Waals surface area contributed by atoms with E-state index in [-0.39, 0.29) is 5.91 Å². The van der Waals surface area contributed by atoms with Crippen LogP contribution in [0.1, 0.15) is 32.4 Å². The number of amides is 1. The Bertz CT molecular complexity index is 786. The highest BCUT2D eigenvalue weighted by molar-refractivity contribution is 5.76. The molecule has 1 aliphatic heterocycles. The first-order valence-electron chi connectivity index (χ1n) is 8.70. The fourth-order valence-corrected chi connectivity index (χ4v) is 3.15. The first-order chi connectivity index (χ1) is 12.3. The summed E-state index contributed by atoms with van der Waals surface area (Å²) in [6.45, 7) is 6.36. The van der Waals surface area contributed by atoms with Crippen molar-refractivity contribution in [3.8, 4) is 0 Å². The summed E-state index contributed by atoms with van der Waals surface area (Å²) in [4.78, 5) is 20.3. The minimum Gasteiger partial charge on any atom is -0.353 e. The average Bonchev–Trinajstić information content (AvgIpc) is 2.85. The molecule has 0 radical (unpaired) electrons. The zero-order valence-corrected chi connectivity index (χ0v) is 14.8. The summed E-state index contributed by atoms with van der Waals surface area (Å²) in [6.07, 6.45) is -0.396. The summed E-state index contributed by atoms with van der Waals surface area (Å²) in [5.74, 6) is 0.884. The number of carbonyl (C=O) groups excluding carboxylic acids is 1. The lowest BCUT2D eigenvalue weighted by Gasteiger charge is -2.23. The van der Waals surface area contributed by atoms with E-state index < -0.39 is 11.9 Å². The number of carbonyl (C=O) groups is 1. The van der Waals surface area contributed by atoms with Gasteiger partial charge in [0, 0.05) is 51.1 Å². The van der Waals surface area contributed by atoms with Gasteiger partial charge in [-0.3, -0.25) is 4.79 Å². The van der Waals surface area contributed by atoms with Gasteiger partial charge in [0.05, 0.1) is 0 Å². The normalized spacial score (nSPS) is 16.4. The molecule has 1 saturated heterocycles. The Morgan fingerprint density at radius 3 is 2.69 bits per heavy atom. The van der Waals surface area contributed by atoms with Crippen LogP contribution in [-0.4, -0.2) is 51.6 Å². The minimum absolute atomic E-state index is 0.122. The third-order valence-electron chi connectivity index (χ3n) is 4.39. The fraction of sp³-hybridized carbons (Fsp3) is 0.588. The number of halogens is 3. The molecule has 1 amide bonds. The van der Waals surface area contributed by atoms with Crippen LogP contribution in [0, 0.1) is 5.92 Å². The van der Waals surface area contributed by atoms with Crippen molar-refractivity contribution in [2.75, 3.05) is 31.1 Å². The number of hydrogen-bond acceptors (Lipinski definition) is 4. The van der Waals surface area contributed by atoms with E-state index in [4.69, 9.17) is 0 Å². The van der Waals surface area contributed by atoms with Gasteiger partial charge in [-0.15, -0.1) is 0 Å². The van der Waals surface area contributed by atoms with Gasteiger partial charge in [0.25, 0.3) is 0 Å². The van der Waals surface area contributed by atoms with Crippen LogP contribution >= 0.6 is 0 Å². The molecule has 1 fully saturated rings. The maximum atomic E-state index is 13.0. The van der Waals surface area contributed by atoms with Gasteiger partial charge in [-0.05, 0) is 12.3 Å². The molecule has 0 saturated carbocycles. The Kier molecular flexibility index (Phi) is 5.06. The molecule has 1 aliphatic rings. The SMILES string of the molecule is CC(C)CC(=O)N1CCCN(c2nccn3nc(C(F)(F)F)cc23)CC1. The van der Waals surface area contributed by atoms with Crippen LogP contribution in [0.3, 0.4) is 0 Å². The number of alkyl halides is 3. The molecular formula is C17H22F3N5O. The molecule has 142 valence electrons. The molecular weight excluding hydrogens is 347 g/mol. The Hall–Kier alpha value is -2.32. The molecule has 3 heterocycles. The van der Waals surface area contributed by atoms with Crippen molar-refractivity contribution in [1.29, 1.82) is 0 Å². The van der Waals surface area contributed by atoms with Crippen molar-refractivity contribution >= 4 is 17.2 Å². The number of hydrogen-bond donors (Lipinski definition) is 0. The van der Waals surface area contributed by atoms with Gasteiger partial charge in [-0.25, -0.2) is 9.50 Å². The zero-order chi connectivity index (χ0) is 18.9. The Labute approximate surface area is 149 Å². The minimum atomic E-state index is -4.50. The van der Waals surface area contributed by atoms with Gasteiger partial charge >= 0.3 is 6.18 Å². The highest BCUT2D eigenvalue weighted by Gasteiger charge is 2.35. The molecule has 0 atom stereocenters. The van der Waals surface area contributed by atoms with Crippen molar-refractivity contribution in [1.82, 2.24) is 19.5 Å².